The third kappa shape index (κ3) is 3.12. The quantitative estimate of drug-likeness (QED) is 0.768. The molecule has 0 aromatic heterocycles. The number of hydrogen-bond acceptors (Lipinski definition) is 2. The second-order valence-electron chi connectivity index (χ2n) is 3.47. The first kappa shape index (κ1) is 12.3. The van der Waals surface area contributed by atoms with Crippen molar-refractivity contribution in [2.75, 3.05) is 7.05 Å². The Morgan fingerprint density at radius 1 is 1.56 bits per heavy atom. The van der Waals surface area contributed by atoms with Crippen LogP contribution in [0.5, 0.6) is 5.75 Å². The minimum absolute atomic E-state index is 0.131. The molecule has 3 heteroatoms. The summed E-state index contributed by atoms with van der Waals surface area (Å²) < 4.78 is 5.59. The topological polar surface area (TPSA) is 38.3 Å². The van der Waals surface area contributed by atoms with Crippen molar-refractivity contribution in [3.05, 3.63) is 42.5 Å². The van der Waals surface area contributed by atoms with Crippen molar-refractivity contribution >= 4 is 5.91 Å². The minimum Gasteiger partial charge on any atom is -0.481 e. The Morgan fingerprint density at radius 2 is 2.25 bits per heavy atom. The predicted octanol–water partition coefficient (Wildman–Crippen LogP) is 1.93. The van der Waals surface area contributed by atoms with Crippen LogP contribution in [-0.2, 0) is 11.2 Å². The van der Waals surface area contributed by atoms with Gasteiger partial charge in [0.15, 0.2) is 6.10 Å². The normalized spacial score (nSPS) is 11.6. The zero-order valence-electron chi connectivity index (χ0n) is 9.69. The summed E-state index contributed by atoms with van der Waals surface area (Å²) in [6.07, 6.45) is 2.06. The second kappa shape index (κ2) is 5.95. The minimum atomic E-state index is -0.490. The fourth-order valence-corrected chi connectivity index (χ4v) is 1.39. The van der Waals surface area contributed by atoms with Crippen LogP contribution in [0.25, 0.3) is 0 Å². The summed E-state index contributed by atoms with van der Waals surface area (Å²) in [7, 11) is 1.60. The molecule has 1 rings (SSSR count). The predicted molar refractivity (Wildman–Crippen MR) is 64.5 cm³/mol. The molecule has 0 saturated heterocycles. The van der Waals surface area contributed by atoms with Gasteiger partial charge in [-0.1, -0.05) is 24.3 Å². The maximum Gasteiger partial charge on any atom is 0.260 e. The van der Waals surface area contributed by atoms with Gasteiger partial charge in [0.05, 0.1) is 0 Å². The van der Waals surface area contributed by atoms with Gasteiger partial charge in [-0.15, -0.1) is 6.58 Å². The standard InChI is InChI=1S/C13H17NO2/c1-4-7-11-8-5-6-9-12(11)16-10(2)13(15)14-3/h4-6,8-10H,1,7H2,2-3H3,(H,14,15)/t10-/m1/s1. The number of allylic oxidation sites excluding steroid dienone is 1. The van der Waals surface area contributed by atoms with E-state index in [2.05, 4.69) is 11.9 Å². The Bertz CT molecular complexity index is 374. The summed E-state index contributed by atoms with van der Waals surface area (Å²) in [6.45, 7) is 5.42. The zero-order chi connectivity index (χ0) is 12.0. The first-order valence-electron chi connectivity index (χ1n) is 5.26. The number of para-hydroxylation sites is 1. The van der Waals surface area contributed by atoms with E-state index in [1.807, 2.05) is 30.3 Å². The molecule has 0 radical (unpaired) electrons. The molecule has 1 aromatic carbocycles. The second-order valence-corrected chi connectivity index (χ2v) is 3.47. The maximum absolute atomic E-state index is 11.3. The number of nitrogens with one attached hydrogen (secondary N) is 1. The third-order valence-electron chi connectivity index (χ3n) is 2.26. The third-order valence-corrected chi connectivity index (χ3v) is 2.26. The molecule has 0 fully saturated rings. The van der Waals surface area contributed by atoms with Crippen LogP contribution in [0.4, 0.5) is 0 Å². The molecule has 0 unspecified atom stereocenters. The van der Waals surface area contributed by atoms with Crippen LogP contribution in [0.1, 0.15) is 12.5 Å². The summed E-state index contributed by atoms with van der Waals surface area (Å²) in [4.78, 5) is 11.3. The molecule has 0 saturated carbocycles. The van der Waals surface area contributed by atoms with Gasteiger partial charge in [-0.25, -0.2) is 0 Å². The van der Waals surface area contributed by atoms with Gasteiger partial charge in [0.1, 0.15) is 5.75 Å². The number of hydrogen-bond donors (Lipinski definition) is 1. The lowest BCUT2D eigenvalue weighted by Gasteiger charge is -2.15. The van der Waals surface area contributed by atoms with Crippen molar-refractivity contribution in [2.45, 2.75) is 19.4 Å². The van der Waals surface area contributed by atoms with Crippen LogP contribution in [0.3, 0.4) is 0 Å². The van der Waals surface area contributed by atoms with Gasteiger partial charge >= 0.3 is 0 Å². The molecule has 0 aliphatic carbocycles. The van der Waals surface area contributed by atoms with Crippen LogP contribution in [0, 0.1) is 0 Å². The van der Waals surface area contributed by atoms with E-state index in [0.717, 1.165) is 17.7 Å². The van der Waals surface area contributed by atoms with Crippen molar-refractivity contribution in [1.82, 2.24) is 5.32 Å². The highest BCUT2D eigenvalue weighted by Gasteiger charge is 2.13. The van der Waals surface area contributed by atoms with Crippen molar-refractivity contribution < 1.29 is 9.53 Å². The maximum atomic E-state index is 11.3. The highest BCUT2D eigenvalue weighted by Crippen LogP contribution is 2.20. The Hall–Kier alpha value is -1.77. The van der Waals surface area contributed by atoms with Gasteiger partial charge in [0.2, 0.25) is 0 Å². The van der Waals surface area contributed by atoms with Crippen molar-refractivity contribution in [3.63, 3.8) is 0 Å². The molecular formula is C13H17NO2. The molecular weight excluding hydrogens is 202 g/mol. The molecule has 1 N–H and O–H groups in total. The zero-order valence-corrected chi connectivity index (χ0v) is 9.69. The Morgan fingerprint density at radius 3 is 2.88 bits per heavy atom. The SMILES string of the molecule is C=CCc1ccccc1O[C@H](C)C(=O)NC. The first-order chi connectivity index (χ1) is 7.69. The molecule has 0 heterocycles. The molecule has 0 bridgehead atoms. The van der Waals surface area contributed by atoms with E-state index in [0.29, 0.717) is 0 Å². The number of ether oxygens (including phenoxy) is 1. The van der Waals surface area contributed by atoms with Crippen LogP contribution < -0.4 is 10.1 Å². The lowest BCUT2D eigenvalue weighted by Crippen LogP contribution is -2.33. The number of amides is 1. The van der Waals surface area contributed by atoms with E-state index in [4.69, 9.17) is 4.74 Å². The highest BCUT2D eigenvalue weighted by atomic mass is 16.5. The molecule has 0 aliphatic rings. The summed E-state index contributed by atoms with van der Waals surface area (Å²) in [6, 6.07) is 7.65. The smallest absolute Gasteiger partial charge is 0.260 e. The van der Waals surface area contributed by atoms with E-state index in [9.17, 15) is 4.79 Å². The van der Waals surface area contributed by atoms with Crippen LogP contribution in [0.2, 0.25) is 0 Å². The summed E-state index contributed by atoms with van der Waals surface area (Å²) in [5.74, 6) is 0.604. The van der Waals surface area contributed by atoms with Gasteiger partial charge in [0, 0.05) is 7.05 Å². The van der Waals surface area contributed by atoms with Crippen molar-refractivity contribution in [3.8, 4) is 5.75 Å². The van der Waals surface area contributed by atoms with E-state index in [1.54, 1.807) is 14.0 Å². The van der Waals surface area contributed by atoms with Crippen LogP contribution >= 0.6 is 0 Å². The summed E-state index contributed by atoms with van der Waals surface area (Å²) in [5, 5.41) is 2.55. The van der Waals surface area contributed by atoms with Gasteiger partial charge in [0.25, 0.3) is 5.91 Å². The lowest BCUT2D eigenvalue weighted by atomic mass is 10.1. The molecule has 0 aliphatic heterocycles. The number of carbonyl (C=O) groups is 1. The molecule has 1 amide bonds. The molecule has 1 atom stereocenters. The molecule has 0 spiro atoms. The largest absolute Gasteiger partial charge is 0.481 e. The van der Waals surface area contributed by atoms with Crippen LogP contribution in [0.15, 0.2) is 36.9 Å². The first-order valence-corrected chi connectivity index (χ1v) is 5.26. The molecule has 3 nitrogen and oxygen atoms in total. The number of benzene rings is 1. The summed E-state index contributed by atoms with van der Waals surface area (Å²) in [5.41, 5.74) is 1.04. The molecule has 16 heavy (non-hydrogen) atoms. The fraction of sp³-hybridized carbons (Fsp3) is 0.308. The lowest BCUT2D eigenvalue weighted by molar-refractivity contribution is -0.126. The number of rotatable bonds is 5. The Balaban J connectivity index is 2.79. The van der Waals surface area contributed by atoms with Gasteiger partial charge in [-0.2, -0.15) is 0 Å². The van der Waals surface area contributed by atoms with E-state index >= 15 is 0 Å². The van der Waals surface area contributed by atoms with Crippen molar-refractivity contribution in [2.24, 2.45) is 0 Å². The number of likely N-dealkylation sites (N-methyl/N-ethyl adjacent to an activating group) is 1. The Labute approximate surface area is 96.1 Å². The molecule has 1 aromatic rings. The fourth-order valence-electron chi connectivity index (χ4n) is 1.39. The average molecular weight is 219 g/mol. The van der Waals surface area contributed by atoms with E-state index in [1.165, 1.54) is 0 Å². The Kier molecular flexibility index (Phi) is 4.58. The van der Waals surface area contributed by atoms with Crippen LogP contribution in [-0.4, -0.2) is 19.1 Å². The van der Waals surface area contributed by atoms with Crippen molar-refractivity contribution in [1.29, 1.82) is 0 Å². The molecule has 86 valence electrons. The van der Waals surface area contributed by atoms with Gasteiger partial charge in [-0.3, -0.25) is 4.79 Å². The van der Waals surface area contributed by atoms with E-state index < -0.39 is 6.10 Å². The van der Waals surface area contributed by atoms with E-state index in [-0.39, 0.29) is 5.91 Å². The monoisotopic (exact) mass is 219 g/mol. The number of carbonyl (C=O) groups excluding carboxylic acids is 1. The van der Waals surface area contributed by atoms with Gasteiger partial charge in [-0.05, 0) is 25.0 Å². The average Bonchev–Trinajstić information content (AvgIpc) is 2.31. The highest BCUT2D eigenvalue weighted by molar-refractivity contribution is 5.80. The summed E-state index contributed by atoms with van der Waals surface area (Å²) >= 11 is 0. The van der Waals surface area contributed by atoms with Gasteiger partial charge < -0.3 is 10.1 Å².